The molecule has 160 valence electrons. The minimum absolute atomic E-state index is 0.0207. The summed E-state index contributed by atoms with van der Waals surface area (Å²) in [7, 11) is 0. The van der Waals surface area contributed by atoms with Crippen LogP contribution >= 0.6 is 11.6 Å². The first-order chi connectivity index (χ1) is 14.8. The number of benzene rings is 2. The molecule has 4 rings (SSSR count). The molecule has 0 bridgehead atoms. The predicted octanol–water partition coefficient (Wildman–Crippen LogP) is 4.13. The van der Waals surface area contributed by atoms with E-state index in [9.17, 15) is 14.9 Å². The van der Waals surface area contributed by atoms with Gasteiger partial charge in [-0.25, -0.2) is 0 Å². The highest BCUT2D eigenvalue weighted by atomic mass is 35.5. The molecule has 1 aromatic heterocycles. The summed E-state index contributed by atoms with van der Waals surface area (Å²) in [5.74, 6) is 0.746. The van der Waals surface area contributed by atoms with Gasteiger partial charge in [0.15, 0.2) is 11.5 Å². The van der Waals surface area contributed by atoms with Gasteiger partial charge in [0.1, 0.15) is 24.6 Å². The fourth-order valence-corrected chi connectivity index (χ4v) is 3.60. The third kappa shape index (κ3) is 4.17. The number of ether oxygens (including phenoxy) is 2. The lowest BCUT2D eigenvalue weighted by Crippen LogP contribution is -2.17. The van der Waals surface area contributed by atoms with Crippen LogP contribution in [0.15, 0.2) is 36.4 Å². The molecule has 0 saturated heterocycles. The number of carbonyl (C=O) groups excluding carboxylic acids is 1. The predicted molar refractivity (Wildman–Crippen MR) is 114 cm³/mol. The molecule has 31 heavy (non-hydrogen) atoms. The first-order valence-electron chi connectivity index (χ1n) is 9.51. The highest BCUT2D eigenvalue weighted by molar-refractivity contribution is 6.34. The molecule has 1 N–H and O–H groups in total. The van der Waals surface area contributed by atoms with Crippen molar-refractivity contribution in [2.24, 2.45) is 0 Å². The Bertz CT molecular complexity index is 1170. The van der Waals surface area contributed by atoms with Crippen LogP contribution in [0.4, 0.5) is 11.4 Å². The molecule has 0 spiro atoms. The van der Waals surface area contributed by atoms with Crippen molar-refractivity contribution in [3.63, 3.8) is 0 Å². The summed E-state index contributed by atoms with van der Waals surface area (Å²) in [6, 6.07) is 10.2. The van der Waals surface area contributed by atoms with E-state index < -0.39 is 4.92 Å². The SMILES string of the molecule is Cc1nn(Cc2ccc(C(=O)Nc3cc4c(cc3Cl)OCCO4)cc2)c(C)c1[N+](=O)[O-]. The van der Waals surface area contributed by atoms with Crippen molar-refractivity contribution in [2.45, 2.75) is 20.4 Å². The molecule has 1 aliphatic rings. The van der Waals surface area contributed by atoms with Gasteiger partial charge in [-0.2, -0.15) is 5.10 Å². The number of nitro groups is 1. The number of fused-ring (bicyclic) bond motifs is 1. The van der Waals surface area contributed by atoms with Crippen LogP contribution in [-0.4, -0.2) is 33.8 Å². The summed E-state index contributed by atoms with van der Waals surface area (Å²) in [5, 5.41) is 18.5. The van der Waals surface area contributed by atoms with E-state index in [0.29, 0.717) is 58.9 Å². The summed E-state index contributed by atoms with van der Waals surface area (Å²) in [4.78, 5) is 23.4. The highest BCUT2D eigenvalue weighted by Crippen LogP contribution is 2.38. The molecule has 0 atom stereocenters. The molecule has 0 fully saturated rings. The van der Waals surface area contributed by atoms with Crippen molar-refractivity contribution in [3.05, 3.63) is 74.0 Å². The summed E-state index contributed by atoms with van der Waals surface area (Å²) in [5.41, 5.74) is 2.60. The Morgan fingerprint density at radius 2 is 1.84 bits per heavy atom. The van der Waals surface area contributed by atoms with Crippen LogP contribution in [0.5, 0.6) is 11.5 Å². The van der Waals surface area contributed by atoms with Gasteiger partial charge in [0.2, 0.25) is 0 Å². The van der Waals surface area contributed by atoms with Gasteiger partial charge in [-0.05, 0) is 31.5 Å². The van der Waals surface area contributed by atoms with Gasteiger partial charge in [0.05, 0.1) is 22.2 Å². The lowest BCUT2D eigenvalue weighted by molar-refractivity contribution is -0.386. The van der Waals surface area contributed by atoms with Crippen LogP contribution in [-0.2, 0) is 6.54 Å². The van der Waals surface area contributed by atoms with Gasteiger partial charge >= 0.3 is 5.69 Å². The van der Waals surface area contributed by atoms with E-state index in [-0.39, 0.29) is 11.6 Å². The molecule has 3 aromatic rings. The maximum absolute atomic E-state index is 12.6. The molecular weight excluding hydrogens is 424 g/mol. The number of rotatable bonds is 5. The largest absolute Gasteiger partial charge is 0.486 e. The maximum Gasteiger partial charge on any atom is 0.312 e. The quantitative estimate of drug-likeness (QED) is 0.470. The Labute approximate surface area is 182 Å². The molecule has 2 aromatic carbocycles. The van der Waals surface area contributed by atoms with Gasteiger partial charge in [-0.1, -0.05) is 23.7 Å². The van der Waals surface area contributed by atoms with E-state index in [1.54, 1.807) is 54.9 Å². The van der Waals surface area contributed by atoms with Crippen molar-refractivity contribution >= 4 is 28.9 Å². The standard InChI is InChI=1S/C21H19ClN4O5/c1-12-20(26(28)29)13(2)25(24-12)11-14-3-5-15(6-4-14)21(27)23-17-10-19-18(9-16(17)22)30-7-8-31-19/h3-6,9-10H,7-8,11H2,1-2H3,(H,23,27). The van der Waals surface area contributed by atoms with E-state index in [4.69, 9.17) is 21.1 Å². The molecule has 0 aliphatic carbocycles. The van der Waals surface area contributed by atoms with E-state index in [2.05, 4.69) is 10.4 Å². The van der Waals surface area contributed by atoms with Crippen molar-refractivity contribution in [1.29, 1.82) is 0 Å². The van der Waals surface area contributed by atoms with Gasteiger partial charge < -0.3 is 14.8 Å². The Morgan fingerprint density at radius 3 is 2.45 bits per heavy atom. The third-order valence-electron chi connectivity index (χ3n) is 4.95. The minimum Gasteiger partial charge on any atom is -0.486 e. The van der Waals surface area contributed by atoms with E-state index in [1.165, 1.54) is 0 Å². The summed E-state index contributed by atoms with van der Waals surface area (Å²) in [6.07, 6.45) is 0. The number of hydrogen-bond donors (Lipinski definition) is 1. The monoisotopic (exact) mass is 442 g/mol. The smallest absolute Gasteiger partial charge is 0.312 e. The summed E-state index contributed by atoms with van der Waals surface area (Å²) < 4.78 is 12.6. The number of hydrogen-bond acceptors (Lipinski definition) is 6. The molecule has 0 unspecified atom stereocenters. The molecule has 0 saturated carbocycles. The fraction of sp³-hybridized carbons (Fsp3) is 0.238. The van der Waals surface area contributed by atoms with Gasteiger partial charge in [0.25, 0.3) is 5.91 Å². The Balaban J connectivity index is 1.48. The second kappa shape index (κ2) is 8.27. The van der Waals surface area contributed by atoms with Gasteiger partial charge in [-0.15, -0.1) is 0 Å². The summed E-state index contributed by atoms with van der Waals surface area (Å²) >= 11 is 6.25. The van der Waals surface area contributed by atoms with Crippen molar-refractivity contribution in [2.75, 3.05) is 18.5 Å². The number of aryl methyl sites for hydroxylation is 1. The highest BCUT2D eigenvalue weighted by Gasteiger charge is 2.22. The maximum atomic E-state index is 12.6. The lowest BCUT2D eigenvalue weighted by atomic mass is 10.1. The topological polar surface area (TPSA) is 109 Å². The average Bonchev–Trinajstić information content (AvgIpc) is 3.02. The number of amides is 1. The lowest BCUT2D eigenvalue weighted by Gasteiger charge is -2.20. The normalized spacial score (nSPS) is 12.5. The average molecular weight is 443 g/mol. The number of anilines is 1. The first kappa shape index (κ1) is 20.7. The van der Waals surface area contributed by atoms with Crippen LogP contribution in [0.3, 0.4) is 0 Å². The Kier molecular flexibility index (Phi) is 5.51. The first-order valence-corrected chi connectivity index (χ1v) is 9.89. The zero-order valence-electron chi connectivity index (χ0n) is 16.8. The number of aromatic nitrogens is 2. The third-order valence-corrected chi connectivity index (χ3v) is 5.27. The molecule has 1 amide bonds. The van der Waals surface area contributed by atoms with Crippen LogP contribution in [0.25, 0.3) is 0 Å². The van der Waals surface area contributed by atoms with Crippen molar-refractivity contribution < 1.29 is 19.2 Å². The Morgan fingerprint density at radius 1 is 1.19 bits per heavy atom. The van der Waals surface area contributed by atoms with Gasteiger partial charge in [-0.3, -0.25) is 19.6 Å². The van der Waals surface area contributed by atoms with E-state index in [1.807, 2.05) is 0 Å². The zero-order valence-corrected chi connectivity index (χ0v) is 17.6. The molecule has 1 aliphatic heterocycles. The molecule has 9 nitrogen and oxygen atoms in total. The van der Waals surface area contributed by atoms with Crippen LogP contribution in [0, 0.1) is 24.0 Å². The zero-order chi connectivity index (χ0) is 22.1. The molecule has 2 heterocycles. The van der Waals surface area contributed by atoms with E-state index >= 15 is 0 Å². The second-order valence-electron chi connectivity index (χ2n) is 7.06. The van der Waals surface area contributed by atoms with Crippen LogP contribution < -0.4 is 14.8 Å². The van der Waals surface area contributed by atoms with Crippen molar-refractivity contribution in [3.8, 4) is 11.5 Å². The minimum atomic E-state index is -0.426. The van der Waals surface area contributed by atoms with Gasteiger partial charge in [0, 0.05) is 17.7 Å². The molecule has 0 radical (unpaired) electrons. The number of nitrogens with zero attached hydrogens (tertiary/aromatic N) is 3. The summed E-state index contributed by atoms with van der Waals surface area (Å²) in [6.45, 7) is 4.51. The van der Waals surface area contributed by atoms with E-state index in [0.717, 1.165) is 5.56 Å². The number of nitrogens with one attached hydrogen (secondary N) is 1. The van der Waals surface area contributed by atoms with Crippen LogP contribution in [0.1, 0.15) is 27.3 Å². The molecule has 10 heteroatoms. The second-order valence-corrected chi connectivity index (χ2v) is 7.47. The fourth-order valence-electron chi connectivity index (χ4n) is 3.39. The van der Waals surface area contributed by atoms with Crippen molar-refractivity contribution in [1.82, 2.24) is 9.78 Å². The Hall–Kier alpha value is -3.59. The number of halogens is 1. The number of carbonyl (C=O) groups is 1. The molecular formula is C21H19ClN4O5. The van der Waals surface area contributed by atoms with Crippen LogP contribution in [0.2, 0.25) is 5.02 Å².